The molecule has 2 rings (SSSR count). The van der Waals surface area contributed by atoms with Crippen LogP contribution in [0, 0.1) is 28.1 Å². The van der Waals surface area contributed by atoms with Crippen LogP contribution in [0.5, 0.6) is 0 Å². The van der Waals surface area contributed by atoms with Gasteiger partial charge in [-0.05, 0) is 36.0 Å². The molecule has 0 spiro atoms. The lowest BCUT2D eigenvalue weighted by atomic mass is 9.71. The summed E-state index contributed by atoms with van der Waals surface area (Å²) in [6.07, 6.45) is 4.93. The van der Waals surface area contributed by atoms with Crippen molar-refractivity contribution in [1.29, 1.82) is 5.26 Å². The predicted octanol–water partition coefficient (Wildman–Crippen LogP) is 3.85. The molecule has 2 aliphatic carbocycles. The first kappa shape index (κ1) is 11.3. The first-order valence-corrected chi connectivity index (χ1v) is 7.06. The highest BCUT2D eigenvalue weighted by Gasteiger charge is 2.61. The quantitative estimate of drug-likeness (QED) is 0.679. The maximum atomic E-state index is 8.58. The lowest BCUT2D eigenvalue weighted by molar-refractivity contribution is 0.156. The smallest absolute Gasteiger partial charge is 0.0630 e. The molecule has 3 atom stereocenters. The van der Waals surface area contributed by atoms with Gasteiger partial charge < -0.3 is 0 Å². The maximum absolute atomic E-state index is 8.58. The van der Waals surface area contributed by atoms with Crippen LogP contribution in [0.3, 0.4) is 0 Å². The Morgan fingerprint density at radius 3 is 2.60 bits per heavy atom. The summed E-state index contributed by atoms with van der Waals surface area (Å²) in [6.45, 7) is 7.38. The van der Waals surface area contributed by atoms with Crippen LogP contribution in [0.25, 0.3) is 0 Å². The fourth-order valence-corrected chi connectivity index (χ4v) is 5.28. The summed E-state index contributed by atoms with van der Waals surface area (Å²) in [5.41, 5.74) is 1.05. The molecule has 0 aliphatic heterocycles. The van der Waals surface area contributed by atoms with E-state index in [9.17, 15) is 0 Å². The van der Waals surface area contributed by atoms with Crippen molar-refractivity contribution in [2.45, 2.75) is 51.7 Å². The number of hydrogen-bond acceptors (Lipinski definition) is 2. The maximum Gasteiger partial charge on any atom is 0.0630 e. The number of thioether (sulfide) groups is 1. The Morgan fingerprint density at radius 1 is 1.40 bits per heavy atom. The van der Waals surface area contributed by atoms with E-state index < -0.39 is 0 Å². The second kappa shape index (κ2) is 3.70. The Bertz CT molecular complexity index is 291. The number of fused-ring (bicyclic) bond motifs is 2. The summed E-state index contributed by atoms with van der Waals surface area (Å²) in [4.78, 5) is 0. The van der Waals surface area contributed by atoms with E-state index >= 15 is 0 Å². The molecule has 0 N–H and O–H groups in total. The molecule has 0 unspecified atom stereocenters. The van der Waals surface area contributed by atoms with E-state index in [0.29, 0.717) is 17.3 Å². The number of hydrogen-bond donors (Lipinski definition) is 0. The molecule has 0 amide bonds. The molecule has 0 saturated heterocycles. The van der Waals surface area contributed by atoms with Gasteiger partial charge in [-0.15, -0.1) is 0 Å². The first-order valence-electron chi connectivity index (χ1n) is 6.01. The average molecular weight is 223 g/mol. The molecular weight excluding hydrogens is 202 g/mol. The van der Waals surface area contributed by atoms with E-state index in [-0.39, 0.29) is 0 Å². The van der Waals surface area contributed by atoms with Crippen molar-refractivity contribution in [3.8, 4) is 6.07 Å². The van der Waals surface area contributed by atoms with Crippen molar-refractivity contribution < 1.29 is 0 Å². The largest absolute Gasteiger partial charge is 0.198 e. The molecule has 2 bridgehead atoms. The molecule has 84 valence electrons. The fraction of sp³-hybridized carbons (Fsp3) is 0.923. The van der Waals surface area contributed by atoms with Gasteiger partial charge >= 0.3 is 0 Å². The summed E-state index contributed by atoms with van der Waals surface area (Å²) in [5, 5.41) is 9.38. The zero-order valence-corrected chi connectivity index (χ0v) is 10.9. The van der Waals surface area contributed by atoms with E-state index in [0.717, 1.165) is 16.9 Å². The minimum absolute atomic E-state index is 0.525. The summed E-state index contributed by atoms with van der Waals surface area (Å²) >= 11 is 2.05. The Hall–Kier alpha value is -0.160. The van der Waals surface area contributed by atoms with Gasteiger partial charge in [-0.3, -0.25) is 0 Å². The SMILES string of the molecule is CC1(C)[C@H]2CC[C@]1(C)[C@@H](SCCC#N)C2. The van der Waals surface area contributed by atoms with Crippen molar-refractivity contribution in [2.75, 3.05) is 5.75 Å². The molecule has 2 saturated carbocycles. The molecule has 0 aromatic heterocycles. The Kier molecular flexibility index (Phi) is 2.79. The topological polar surface area (TPSA) is 23.8 Å². The second-order valence-electron chi connectivity index (χ2n) is 5.88. The molecular formula is C13H21NS. The van der Waals surface area contributed by atoms with Gasteiger partial charge in [-0.2, -0.15) is 17.0 Å². The van der Waals surface area contributed by atoms with Gasteiger partial charge in [0.05, 0.1) is 6.07 Å². The van der Waals surface area contributed by atoms with Gasteiger partial charge in [0.2, 0.25) is 0 Å². The average Bonchev–Trinajstić information content (AvgIpc) is 2.51. The molecule has 0 radical (unpaired) electrons. The van der Waals surface area contributed by atoms with Crippen molar-refractivity contribution >= 4 is 11.8 Å². The van der Waals surface area contributed by atoms with E-state index in [2.05, 4.69) is 38.6 Å². The van der Waals surface area contributed by atoms with Gasteiger partial charge in [0.25, 0.3) is 0 Å². The zero-order valence-electron chi connectivity index (χ0n) is 10.0. The van der Waals surface area contributed by atoms with E-state index in [1.807, 2.05) is 0 Å². The minimum atomic E-state index is 0.525. The van der Waals surface area contributed by atoms with Gasteiger partial charge in [0.15, 0.2) is 0 Å². The molecule has 2 aliphatic rings. The van der Waals surface area contributed by atoms with Crippen molar-refractivity contribution in [3.63, 3.8) is 0 Å². The van der Waals surface area contributed by atoms with Gasteiger partial charge in [0, 0.05) is 17.4 Å². The van der Waals surface area contributed by atoms with Crippen molar-refractivity contribution in [2.24, 2.45) is 16.7 Å². The van der Waals surface area contributed by atoms with Gasteiger partial charge in [0.1, 0.15) is 0 Å². The third kappa shape index (κ3) is 1.51. The predicted molar refractivity (Wildman–Crippen MR) is 65.7 cm³/mol. The molecule has 0 aromatic carbocycles. The summed E-state index contributed by atoms with van der Waals surface area (Å²) in [7, 11) is 0. The summed E-state index contributed by atoms with van der Waals surface area (Å²) in [5.74, 6) is 1.96. The lowest BCUT2D eigenvalue weighted by Gasteiger charge is -2.39. The Balaban J connectivity index is 2.03. The van der Waals surface area contributed by atoms with Crippen LogP contribution in [0.15, 0.2) is 0 Å². The molecule has 0 aromatic rings. The second-order valence-corrected chi connectivity index (χ2v) is 7.19. The van der Waals surface area contributed by atoms with Gasteiger partial charge in [-0.25, -0.2) is 0 Å². The van der Waals surface area contributed by atoms with E-state index in [4.69, 9.17) is 5.26 Å². The Labute approximate surface area is 97.6 Å². The standard InChI is InChI=1S/C13H21NS/c1-12(2)10-5-6-13(12,3)11(9-10)15-8-4-7-14/h10-11H,4-6,8-9H2,1-3H3/t10-,11-,13+/m0/s1. The van der Waals surface area contributed by atoms with Gasteiger partial charge in [-0.1, -0.05) is 20.8 Å². The zero-order chi connectivity index (χ0) is 11.1. The third-order valence-corrected chi connectivity index (χ3v) is 6.80. The van der Waals surface area contributed by atoms with Crippen molar-refractivity contribution in [3.05, 3.63) is 0 Å². The fourth-order valence-electron chi connectivity index (χ4n) is 3.63. The monoisotopic (exact) mass is 223 g/mol. The van der Waals surface area contributed by atoms with Crippen LogP contribution < -0.4 is 0 Å². The van der Waals surface area contributed by atoms with Crippen molar-refractivity contribution in [1.82, 2.24) is 0 Å². The third-order valence-electron chi connectivity index (χ3n) is 5.25. The number of nitriles is 1. The van der Waals surface area contributed by atoms with Crippen LogP contribution in [-0.2, 0) is 0 Å². The van der Waals surface area contributed by atoms with E-state index in [1.54, 1.807) is 0 Å². The molecule has 1 nitrogen and oxygen atoms in total. The summed E-state index contributed by atoms with van der Waals surface area (Å²) in [6, 6.07) is 2.25. The van der Waals surface area contributed by atoms with Crippen LogP contribution in [-0.4, -0.2) is 11.0 Å². The highest BCUT2D eigenvalue weighted by molar-refractivity contribution is 7.99. The molecule has 2 fully saturated rings. The Morgan fingerprint density at radius 2 is 2.13 bits per heavy atom. The number of rotatable bonds is 3. The lowest BCUT2D eigenvalue weighted by Crippen LogP contribution is -2.34. The minimum Gasteiger partial charge on any atom is -0.198 e. The highest BCUT2D eigenvalue weighted by atomic mass is 32.2. The molecule has 2 heteroatoms. The van der Waals surface area contributed by atoms with Crippen LogP contribution in [0.2, 0.25) is 0 Å². The van der Waals surface area contributed by atoms with Crippen LogP contribution in [0.1, 0.15) is 46.5 Å². The number of nitrogens with zero attached hydrogens (tertiary/aromatic N) is 1. The van der Waals surface area contributed by atoms with E-state index in [1.165, 1.54) is 19.3 Å². The molecule has 0 heterocycles. The summed E-state index contributed by atoms with van der Waals surface area (Å²) < 4.78 is 0. The van der Waals surface area contributed by atoms with Crippen LogP contribution >= 0.6 is 11.8 Å². The molecule has 15 heavy (non-hydrogen) atoms. The first-order chi connectivity index (χ1) is 7.02. The van der Waals surface area contributed by atoms with Crippen LogP contribution in [0.4, 0.5) is 0 Å². The highest BCUT2D eigenvalue weighted by Crippen LogP contribution is 2.68. The normalized spacial score (nSPS) is 41.7.